The third kappa shape index (κ3) is 1.57. The second-order valence-corrected chi connectivity index (χ2v) is 5.89. The van der Waals surface area contributed by atoms with Gasteiger partial charge in [0.15, 0.2) is 0 Å². The van der Waals surface area contributed by atoms with Gasteiger partial charge in [-0.1, -0.05) is 24.3 Å². The molecule has 1 fully saturated rings. The monoisotopic (exact) mass is 273 g/mol. The van der Waals surface area contributed by atoms with Crippen molar-refractivity contribution in [3.8, 4) is 0 Å². The Kier molecular flexibility index (Phi) is 2.46. The predicted octanol–water partition coefficient (Wildman–Crippen LogP) is 3.00. The van der Waals surface area contributed by atoms with Crippen molar-refractivity contribution in [2.45, 2.75) is 30.6 Å². The highest BCUT2D eigenvalue weighted by atomic mass is 35.5. The minimum atomic E-state index is 0.433. The third-order valence-corrected chi connectivity index (χ3v) is 4.99. The number of hydrogen-bond donors (Lipinski definition) is 0. The Hall–Kier alpha value is -1.35. The molecule has 19 heavy (non-hydrogen) atoms. The standard InChI is InChI=1S/C15H16ClN3/c1-19-12(8-16)17-18-15(19)14-11-7-6-9-4-2-3-5-10(9)13(11)14/h2-5,11,13-14H,6-8H2,1H3. The molecule has 0 bridgehead atoms. The largest absolute Gasteiger partial charge is 0.317 e. The zero-order valence-corrected chi connectivity index (χ0v) is 11.6. The van der Waals surface area contributed by atoms with Gasteiger partial charge < -0.3 is 4.57 Å². The summed E-state index contributed by atoms with van der Waals surface area (Å²) in [6.07, 6.45) is 2.48. The van der Waals surface area contributed by atoms with Gasteiger partial charge in [-0.2, -0.15) is 0 Å². The Labute approximate surface area is 117 Å². The summed E-state index contributed by atoms with van der Waals surface area (Å²) < 4.78 is 2.08. The topological polar surface area (TPSA) is 30.7 Å². The molecule has 1 saturated carbocycles. The van der Waals surface area contributed by atoms with Crippen LogP contribution >= 0.6 is 11.6 Å². The first kappa shape index (κ1) is 11.5. The average molecular weight is 274 g/mol. The smallest absolute Gasteiger partial charge is 0.147 e. The number of halogens is 1. The third-order valence-electron chi connectivity index (χ3n) is 4.75. The summed E-state index contributed by atoms with van der Waals surface area (Å²) in [6, 6.07) is 8.84. The Balaban J connectivity index is 1.72. The quantitative estimate of drug-likeness (QED) is 0.788. The van der Waals surface area contributed by atoms with Gasteiger partial charge in [-0.3, -0.25) is 0 Å². The summed E-state index contributed by atoms with van der Waals surface area (Å²) in [6.45, 7) is 0. The highest BCUT2D eigenvalue weighted by molar-refractivity contribution is 6.16. The van der Waals surface area contributed by atoms with Gasteiger partial charge in [-0.05, 0) is 35.8 Å². The van der Waals surface area contributed by atoms with Crippen LogP contribution in [0, 0.1) is 5.92 Å². The lowest BCUT2D eigenvalue weighted by atomic mass is 9.92. The van der Waals surface area contributed by atoms with Crippen molar-refractivity contribution in [1.82, 2.24) is 14.8 Å². The van der Waals surface area contributed by atoms with Gasteiger partial charge in [-0.15, -0.1) is 21.8 Å². The van der Waals surface area contributed by atoms with Crippen molar-refractivity contribution in [3.05, 3.63) is 47.0 Å². The van der Waals surface area contributed by atoms with E-state index >= 15 is 0 Å². The van der Waals surface area contributed by atoms with Crippen molar-refractivity contribution >= 4 is 11.6 Å². The lowest BCUT2D eigenvalue weighted by Crippen LogP contribution is -2.00. The summed E-state index contributed by atoms with van der Waals surface area (Å²) in [5.41, 5.74) is 3.05. The van der Waals surface area contributed by atoms with E-state index in [1.165, 1.54) is 24.0 Å². The molecule has 0 N–H and O–H groups in total. The Morgan fingerprint density at radius 1 is 1.26 bits per heavy atom. The summed E-state index contributed by atoms with van der Waals surface area (Å²) in [4.78, 5) is 0. The zero-order valence-electron chi connectivity index (χ0n) is 10.9. The van der Waals surface area contributed by atoms with Crippen LogP contribution in [0.4, 0.5) is 0 Å². The van der Waals surface area contributed by atoms with Crippen LogP contribution in [0.15, 0.2) is 24.3 Å². The van der Waals surface area contributed by atoms with E-state index in [0.717, 1.165) is 17.6 Å². The number of benzene rings is 1. The fourth-order valence-electron chi connectivity index (χ4n) is 3.70. The molecular formula is C15H16ClN3. The van der Waals surface area contributed by atoms with Crippen LogP contribution in [0.1, 0.15) is 41.0 Å². The normalized spacial score (nSPS) is 27.8. The molecule has 3 unspecified atom stereocenters. The molecule has 98 valence electrons. The molecule has 1 aromatic carbocycles. The minimum absolute atomic E-state index is 0.433. The molecule has 2 aliphatic rings. The number of alkyl halides is 1. The molecule has 3 atom stereocenters. The summed E-state index contributed by atoms with van der Waals surface area (Å²) >= 11 is 5.88. The van der Waals surface area contributed by atoms with Crippen LogP contribution in [-0.2, 0) is 19.3 Å². The molecular weight excluding hydrogens is 258 g/mol. The van der Waals surface area contributed by atoms with Crippen LogP contribution < -0.4 is 0 Å². The van der Waals surface area contributed by atoms with E-state index in [9.17, 15) is 0 Å². The second kappa shape index (κ2) is 4.07. The summed E-state index contributed by atoms with van der Waals surface area (Å²) in [5, 5.41) is 8.56. The summed E-state index contributed by atoms with van der Waals surface area (Å²) in [7, 11) is 2.03. The molecule has 1 heterocycles. The van der Waals surface area contributed by atoms with Crippen molar-refractivity contribution in [1.29, 1.82) is 0 Å². The average Bonchev–Trinajstić information content (AvgIpc) is 3.07. The van der Waals surface area contributed by atoms with Crippen molar-refractivity contribution in [2.75, 3.05) is 0 Å². The van der Waals surface area contributed by atoms with Crippen molar-refractivity contribution in [2.24, 2.45) is 13.0 Å². The van der Waals surface area contributed by atoms with Crippen LogP contribution in [0.5, 0.6) is 0 Å². The van der Waals surface area contributed by atoms with Crippen molar-refractivity contribution < 1.29 is 0 Å². The fourth-order valence-corrected chi connectivity index (χ4v) is 3.93. The van der Waals surface area contributed by atoms with E-state index in [-0.39, 0.29) is 0 Å². The molecule has 4 heteroatoms. The molecule has 1 aromatic heterocycles. The first-order valence-corrected chi connectivity index (χ1v) is 7.36. The highest BCUT2D eigenvalue weighted by Crippen LogP contribution is 2.64. The Morgan fingerprint density at radius 3 is 2.89 bits per heavy atom. The maximum Gasteiger partial charge on any atom is 0.147 e. The van der Waals surface area contributed by atoms with E-state index in [4.69, 9.17) is 11.6 Å². The van der Waals surface area contributed by atoms with Gasteiger partial charge >= 0.3 is 0 Å². The number of nitrogens with zero attached hydrogens (tertiary/aromatic N) is 3. The first-order chi connectivity index (χ1) is 9.31. The molecule has 0 radical (unpaired) electrons. The van der Waals surface area contributed by atoms with Crippen LogP contribution in [0.2, 0.25) is 0 Å². The second-order valence-electron chi connectivity index (χ2n) is 5.62. The van der Waals surface area contributed by atoms with Gasteiger partial charge in [0.2, 0.25) is 0 Å². The molecule has 0 saturated heterocycles. The van der Waals surface area contributed by atoms with Crippen LogP contribution in [0.3, 0.4) is 0 Å². The zero-order chi connectivity index (χ0) is 13.0. The van der Waals surface area contributed by atoms with E-state index in [0.29, 0.717) is 17.7 Å². The molecule has 2 aliphatic carbocycles. The summed E-state index contributed by atoms with van der Waals surface area (Å²) in [5.74, 6) is 4.35. The fraction of sp³-hybridized carbons (Fsp3) is 0.467. The Morgan fingerprint density at radius 2 is 2.11 bits per heavy atom. The number of rotatable bonds is 2. The van der Waals surface area contributed by atoms with E-state index in [1.807, 2.05) is 7.05 Å². The molecule has 0 spiro atoms. The number of aromatic nitrogens is 3. The van der Waals surface area contributed by atoms with E-state index in [2.05, 4.69) is 39.0 Å². The predicted molar refractivity (Wildman–Crippen MR) is 74.3 cm³/mol. The van der Waals surface area contributed by atoms with Gasteiger partial charge in [0.25, 0.3) is 0 Å². The Bertz CT molecular complexity index is 634. The lowest BCUT2D eigenvalue weighted by Gasteiger charge is -2.13. The van der Waals surface area contributed by atoms with E-state index < -0.39 is 0 Å². The highest BCUT2D eigenvalue weighted by Gasteiger charge is 2.55. The molecule has 2 aromatic rings. The van der Waals surface area contributed by atoms with Gasteiger partial charge in [0.05, 0.1) is 5.88 Å². The van der Waals surface area contributed by atoms with E-state index in [1.54, 1.807) is 0 Å². The van der Waals surface area contributed by atoms with Gasteiger partial charge in [0, 0.05) is 13.0 Å². The number of fused-ring (bicyclic) bond motifs is 3. The lowest BCUT2D eigenvalue weighted by molar-refractivity contribution is 0.647. The molecule has 0 amide bonds. The van der Waals surface area contributed by atoms with Crippen LogP contribution in [-0.4, -0.2) is 14.8 Å². The first-order valence-electron chi connectivity index (χ1n) is 6.83. The SMILES string of the molecule is Cn1c(CCl)nnc1C1C2CCc3ccccc3C21. The molecule has 3 nitrogen and oxygen atoms in total. The minimum Gasteiger partial charge on any atom is -0.317 e. The number of hydrogen-bond acceptors (Lipinski definition) is 2. The molecule has 4 rings (SSSR count). The van der Waals surface area contributed by atoms with Crippen molar-refractivity contribution in [3.63, 3.8) is 0 Å². The van der Waals surface area contributed by atoms with Gasteiger partial charge in [-0.25, -0.2) is 0 Å². The number of aryl methyl sites for hydroxylation is 1. The molecule has 0 aliphatic heterocycles. The van der Waals surface area contributed by atoms with Crippen LogP contribution in [0.25, 0.3) is 0 Å². The maximum atomic E-state index is 5.88. The van der Waals surface area contributed by atoms with Gasteiger partial charge in [0.1, 0.15) is 11.6 Å². The maximum absolute atomic E-state index is 5.88.